The lowest BCUT2D eigenvalue weighted by atomic mass is 10.2. The third kappa shape index (κ3) is 3.62. The average Bonchev–Trinajstić information content (AvgIpc) is 2.61. The zero-order valence-electron chi connectivity index (χ0n) is 12.8. The number of fused-ring (bicyclic) bond motifs is 1. The molecule has 7 heteroatoms. The minimum atomic E-state index is -0.618. The molecule has 0 saturated heterocycles. The first-order valence-corrected chi connectivity index (χ1v) is 7.93. The molecule has 3 rings (SSSR count). The van der Waals surface area contributed by atoms with E-state index in [9.17, 15) is 4.79 Å². The zero-order chi connectivity index (χ0) is 16.9. The Bertz CT molecular complexity index is 872. The standard InChI is InChI=1S/C17H14BrN3O3/c1-23-14-8-7-13(18)12-9-19-16(20-15(12)14)21-17(22)24-10-11-5-3-2-4-6-11/h2-9H,10H2,1H3,(H,19,20,21,22). The van der Waals surface area contributed by atoms with Crippen LogP contribution in [0.15, 0.2) is 53.1 Å². The number of rotatable bonds is 4. The largest absolute Gasteiger partial charge is 0.494 e. The van der Waals surface area contributed by atoms with Crippen LogP contribution < -0.4 is 10.1 Å². The summed E-state index contributed by atoms with van der Waals surface area (Å²) in [6, 6.07) is 13.1. The summed E-state index contributed by atoms with van der Waals surface area (Å²) >= 11 is 3.44. The van der Waals surface area contributed by atoms with E-state index < -0.39 is 6.09 Å². The fourth-order valence-corrected chi connectivity index (χ4v) is 2.56. The predicted molar refractivity (Wildman–Crippen MR) is 94.0 cm³/mol. The second-order valence-electron chi connectivity index (χ2n) is 4.89. The lowest BCUT2D eigenvalue weighted by Gasteiger charge is -2.09. The maximum Gasteiger partial charge on any atom is 0.414 e. The normalized spacial score (nSPS) is 10.4. The number of hydrogen-bond acceptors (Lipinski definition) is 5. The molecular formula is C17H14BrN3O3. The molecule has 0 aliphatic heterocycles. The fraction of sp³-hybridized carbons (Fsp3) is 0.118. The van der Waals surface area contributed by atoms with Crippen molar-refractivity contribution in [3.8, 4) is 5.75 Å². The summed E-state index contributed by atoms with van der Waals surface area (Å²) in [5, 5.41) is 3.31. The molecule has 1 N–H and O–H groups in total. The van der Waals surface area contributed by atoms with Gasteiger partial charge in [0, 0.05) is 16.1 Å². The number of carbonyl (C=O) groups excluding carboxylic acids is 1. The smallest absolute Gasteiger partial charge is 0.414 e. The number of anilines is 1. The van der Waals surface area contributed by atoms with Crippen molar-refractivity contribution < 1.29 is 14.3 Å². The van der Waals surface area contributed by atoms with Gasteiger partial charge in [-0.15, -0.1) is 0 Å². The Morgan fingerprint density at radius 2 is 2.00 bits per heavy atom. The molecule has 0 aliphatic rings. The molecule has 1 heterocycles. The number of nitrogens with zero attached hydrogens (tertiary/aromatic N) is 2. The van der Waals surface area contributed by atoms with Crippen LogP contribution in [0.1, 0.15) is 5.56 Å². The van der Waals surface area contributed by atoms with Gasteiger partial charge >= 0.3 is 6.09 Å². The molecule has 6 nitrogen and oxygen atoms in total. The van der Waals surface area contributed by atoms with Crippen LogP contribution in [-0.4, -0.2) is 23.2 Å². The van der Waals surface area contributed by atoms with Crippen molar-refractivity contribution in [2.24, 2.45) is 0 Å². The van der Waals surface area contributed by atoms with Gasteiger partial charge in [0.15, 0.2) is 0 Å². The zero-order valence-corrected chi connectivity index (χ0v) is 14.4. The number of hydrogen-bond donors (Lipinski definition) is 1. The first-order chi connectivity index (χ1) is 11.7. The molecule has 0 aliphatic carbocycles. The summed E-state index contributed by atoms with van der Waals surface area (Å²) in [6.45, 7) is 0.176. The minimum Gasteiger partial charge on any atom is -0.494 e. The molecule has 0 bridgehead atoms. The second kappa shape index (κ2) is 7.27. The highest BCUT2D eigenvalue weighted by atomic mass is 79.9. The topological polar surface area (TPSA) is 73.3 Å². The number of amides is 1. The summed E-state index contributed by atoms with van der Waals surface area (Å²) in [5.41, 5.74) is 1.50. The van der Waals surface area contributed by atoms with Crippen LogP contribution in [0, 0.1) is 0 Å². The first-order valence-electron chi connectivity index (χ1n) is 7.14. The Balaban J connectivity index is 1.74. The monoisotopic (exact) mass is 387 g/mol. The van der Waals surface area contributed by atoms with Gasteiger partial charge in [-0.3, -0.25) is 5.32 Å². The molecule has 0 saturated carbocycles. The SMILES string of the molecule is COc1ccc(Br)c2cnc(NC(=O)OCc3ccccc3)nc12. The van der Waals surface area contributed by atoms with Gasteiger partial charge in [0.2, 0.25) is 5.95 Å². The molecular weight excluding hydrogens is 374 g/mol. The number of halogens is 1. The maximum absolute atomic E-state index is 11.9. The summed E-state index contributed by atoms with van der Waals surface area (Å²) in [5.74, 6) is 0.744. The molecule has 0 spiro atoms. The van der Waals surface area contributed by atoms with Crippen molar-refractivity contribution in [2.45, 2.75) is 6.61 Å². The molecule has 1 aromatic heterocycles. The van der Waals surface area contributed by atoms with E-state index in [2.05, 4.69) is 31.2 Å². The minimum absolute atomic E-state index is 0.150. The molecule has 0 fully saturated rings. The highest BCUT2D eigenvalue weighted by Crippen LogP contribution is 2.30. The van der Waals surface area contributed by atoms with Gasteiger partial charge in [-0.2, -0.15) is 0 Å². The van der Waals surface area contributed by atoms with E-state index in [-0.39, 0.29) is 12.6 Å². The van der Waals surface area contributed by atoms with Gasteiger partial charge in [0.25, 0.3) is 0 Å². The number of aromatic nitrogens is 2. The molecule has 0 unspecified atom stereocenters. The van der Waals surface area contributed by atoms with Crippen LogP contribution in [0.4, 0.5) is 10.7 Å². The Hall–Kier alpha value is -2.67. The van der Waals surface area contributed by atoms with Crippen molar-refractivity contribution in [1.29, 1.82) is 0 Å². The number of ether oxygens (including phenoxy) is 2. The van der Waals surface area contributed by atoms with Crippen molar-refractivity contribution in [2.75, 3.05) is 12.4 Å². The highest BCUT2D eigenvalue weighted by Gasteiger charge is 2.11. The molecule has 1 amide bonds. The van der Waals surface area contributed by atoms with Crippen molar-refractivity contribution in [1.82, 2.24) is 9.97 Å². The number of methoxy groups -OCH3 is 1. The lowest BCUT2D eigenvalue weighted by molar-refractivity contribution is 0.155. The van der Waals surface area contributed by atoms with Crippen molar-refractivity contribution >= 4 is 38.9 Å². The van der Waals surface area contributed by atoms with Crippen LogP contribution in [0.5, 0.6) is 5.75 Å². The van der Waals surface area contributed by atoms with Crippen LogP contribution in [0.25, 0.3) is 10.9 Å². The van der Waals surface area contributed by atoms with Crippen LogP contribution >= 0.6 is 15.9 Å². The lowest BCUT2D eigenvalue weighted by Crippen LogP contribution is -2.15. The number of nitrogens with one attached hydrogen (secondary N) is 1. The van der Waals surface area contributed by atoms with Gasteiger partial charge in [-0.1, -0.05) is 46.3 Å². The summed E-state index contributed by atoms with van der Waals surface area (Å²) in [7, 11) is 1.56. The van der Waals surface area contributed by atoms with E-state index in [4.69, 9.17) is 9.47 Å². The molecule has 24 heavy (non-hydrogen) atoms. The molecule has 2 aromatic carbocycles. The number of carbonyl (C=O) groups is 1. The van der Waals surface area contributed by atoms with E-state index in [1.165, 1.54) is 0 Å². The summed E-state index contributed by atoms with van der Waals surface area (Å²) < 4.78 is 11.3. The Labute approximate surface area is 147 Å². The van der Waals surface area contributed by atoms with Gasteiger partial charge in [0.1, 0.15) is 17.9 Å². The van der Waals surface area contributed by atoms with E-state index in [1.54, 1.807) is 19.4 Å². The van der Waals surface area contributed by atoms with Crippen LogP contribution in [0.2, 0.25) is 0 Å². The van der Waals surface area contributed by atoms with Crippen LogP contribution in [-0.2, 0) is 11.3 Å². The van der Waals surface area contributed by atoms with Gasteiger partial charge in [0.05, 0.1) is 7.11 Å². The molecule has 0 atom stereocenters. The van der Waals surface area contributed by atoms with E-state index in [0.717, 1.165) is 15.4 Å². The Morgan fingerprint density at radius 3 is 2.75 bits per heavy atom. The maximum atomic E-state index is 11.9. The second-order valence-corrected chi connectivity index (χ2v) is 5.75. The van der Waals surface area contributed by atoms with E-state index in [1.807, 2.05) is 36.4 Å². The van der Waals surface area contributed by atoms with Gasteiger partial charge < -0.3 is 9.47 Å². The van der Waals surface area contributed by atoms with Gasteiger partial charge in [-0.25, -0.2) is 14.8 Å². The fourth-order valence-electron chi connectivity index (χ4n) is 2.14. The highest BCUT2D eigenvalue weighted by molar-refractivity contribution is 9.10. The van der Waals surface area contributed by atoms with Gasteiger partial charge in [-0.05, 0) is 17.7 Å². The summed E-state index contributed by atoms with van der Waals surface area (Å²) in [6.07, 6.45) is 0.994. The number of benzene rings is 2. The molecule has 3 aromatic rings. The van der Waals surface area contributed by atoms with E-state index in [0.29, 0.717) is 11.3 Å². The van der Waals surface area contributed by atoms with Crippen LogP contribution in [0.3, 0.4) is 0 Å². The molecule has 122 valence electrons. The molecule has 0 radical (unpaired) electrons. The predicted octanol–water partition coefficient (Wildman–Crippen LogP) is 4.15. The third-order valence-corrected chi connectivity index (χ3v) is 4.00. The van der Waals surface area contributed by atoms with E-state index >= 15 is 0 Å². The first kappa shape index (κ1) is 16.2. The Kier molecular flexibility index (Phi) is 4.90. The van der Waals surface area contributed by atoms with Crippen molar-refractivity contribution in [3.63, 3.8) is 0 Å². The third-order valence-electron chi connectivity index (χ3n) is 3.31. The quantitative estimate of drug-likeness (QED) is 0.727. The average molecular weight is 388 g/mol. The Morgan fingerprint density at radius 1 is 1.21 bits per heavy atom. The van der Waals surface area contributed by atoms with Crippen molar-refractivity contribution in [3.05, 3.63) is 58.7 Å². The summed E-state index contributed by atoms with van der Waals surface area (Å²) in [4.78, 5) is 20.3.